The van der Waals surface area contributed by atoms with Crippen molar-refractivity contribution in [3.05, 3.63) is 29.8 Å². The van der Waals surface area contributed by atoms with Crippen molar-refractivity contribution >= 4 is 11.8 Å². The van der Waals surface area contributed by atoms with Gasteiger partial charge in [0.15, 0.2) is 0 Å². The molecule has 1 heterocycles. The van der Waals surface area contributed by atoms with Crippen molar-refractivity contribution in [2.75, 3.05) is 12.3 Å². The second-order valence-corrected chi connectivity index (χ2v) is 6.39. The molecule has 1 aliphatic heterocycles. The van der Waals surface area contributed by atoms with Crippen LogP contribution in [0.3, 0.4) is 0 Å². The number of hydrogen-bond donors (Lipinski definition) is 1. The van der Waals surface area contributed by atoms with Gasteiger partial charge in [-0.05, 0) is 56.0 Å². The molecule has 100 valence electrons. The van der Waals surface area contributed by atoms with Gasteiger partial charge in [-0.3, -0.25) is 0 Å². The van der Waals surface area contributed by atoms with E-state index in [2.05, 4.69) is 36.5 Å². The summed E-state index contributed by atoms with van der Waals surface area (Å²) < 4.78 is 0. The Kier molecular flexibility index (Phi) is 6.09. The van der Waals surface area contributed by atoms with Gasteiger partial charge >= 0.3 is 0 Å². The minimum atomic E-state index is 0.782. The molecule has 1 saturated heterocycles. The summed E-state index contributed by atoms with van der Waals surface area (Å²) in [5.41, 5.74) is 1.54. The molecule has 0 amide bonds. The summed E-state index contributed by atoms with van der Waals surface area (Å²) in [7, 11) is 0. The van der Waals surface area contributed by atoms with E-state index in [1.807, 2.05) is 11.8 Å². The van der Waals surface area contributed by atoms with Crippen molar-refractivity contribution in [3.63, 3.8) is 0 Å². The Labute approximate surface area is 116 Å². The summed E-state index contributed by atoms with van der Waals surface area (Å²) in [5, 5.41) is 3.64. The number of piperidine rings is 1. The van der Waals surface area contributed by atoms with Crippen LogP contribution in [0.4, 0.5) is 0 Å². The van der Waals surface area contributed by atoms with Crippen LogP contribution >= 0.6 is 11.8 Å². The van der Waals surface area contributed by atoms with Gasteiger partial charge in [-0.15, -0.1) is 11.8 Å². The van der Waals surface area contributed by atoms with Gasteiger partial charge in [0.25, 0.3) is 0 Å². The van der Waals surface area contributed by atoms with Crippen molar-refractivity contribution in [1.82, 2.24) is 5.32 Å². The third-order valence-corrected chi connectivity index (χ3v) is 4.68. The van der Waals surface area contributed by atoms with Crippen molar-refractivity contribution in [2.45, 2.75) is 56.4 Å². The van der Waals surface area contributed by atoms with Gasteiger partial charge < -0.3 is 5.32 Å². The van der Waals surface area contributed by atoms with E-state index < -0.39 is 0 Å². The van der Waals surface area contributed by atoms with Crippen LogP contribution in [-0.4, -0.2) is 18.3 Å². The molecule has 1 aromatic carbocycles. The fourth-order valence-electron chi connectivity index (χ4n) is 2.72. The predicted octanol–water partition coefficient (Wildman–Crippen LogP) is 4.26. The Morgan fingerprint density at radius 2 is 2.17 bits per heavy atom. The van der Waals surface area contributed by atoms with Gasteiger partial charge in [-0.2, -0.15) is 0 Å². The molecule has 0 aromatic heterocycles. The first kappa shape index (κ1) is 14.0. The van der Waals surface area contributed by atoms with E-state index in [9.17, 15) is 0 Å². The molecule has 0 spiro atoms. The van der Waals surface area contributed by atoms with E-state index in [4.69, 9.17) is 0 Å². The minimum absolute atomic E-state index is 0.782. The van der Waals surface area contributed by atoms with E-state index in [0.29, 0.717) is 0 Å². The van der Waals surface area contributed by atoms with Crippen LogP contribution in [0.5, 0.6) is 0 Å². The molecule has 0 bridgehead atoms. The van der Waals surface area contributed by atoms with Crippen molar-refractivity contribution in [3.8, 4) is 0 Å². The van der Waals surface area contributed by atoms with Gasteiger partial charge in [-0.1, -0.05) is 31.5 Å². The first-order chi connectivity index (χ1) is 8.90. The second kappa shape index (κ2) is 7.85. The standard InChI is InChI=1S/C16H25NS/c1-2-18-16-12-4-3-8-14(16)9-7-11-15-10-5-6-13-17-15/h3-4,8,12,15,17H,2,5-7,9-11,13H2,1H3. The molecule has 2 rings (SSSR count). The Hall–Kier alpha value is -0.470. The van der Waals surface area contributed by atoms with Crippen molar-refractivity contribution < 1.29 is 0 Å². The highest BCUT2D eigenvalue weighted by Gasteiger charge is 2.12. The smallest absolute Gasteiger partial charge is 0.0104 e. The maximum atomic E-state index is 3.64. The molecule has 1 nitrogen and oxygen atoms in total. The molecule has 18 heavy (non-hydrogen) atoms. The van der Waals surface area contributed by atoms with Crippen LogP contribution in [0, 0.1) is 0 Å². The van der Waals surface area contributed by atoms with Gasteiger partial charge in [0, 0.05) is 10.9 Å². The molecule has 0 radical (unpaired) electrons. The Morgan fingerprint density at radius 3 is 2.94 bits per heavy atom. The fourth-order valence-corrected chi connectivity index (χ4v) is 3.56. The Balaban J connectivity index is 1.78. The lowest BCUT2D eigenvalue weighted by molar-refractivity contribution is 0.375. The quantitative estimate of drug-likeness (QED) is 0.770. The first-order valence-corrected chi connectivity index (χ1v) is 8.33. The lowest BCUT2D eigenvalue weighted by Crippen LogP contribution is -2.33. The summed E-state index contributed by atoms with van der Waals surface area (Å²) in [6, 6.07) is 9.68. The number of thioether (sulfide) groups is 1. The summed E-state index contributed by atoms with van der Waals surface area (Å²) in [6.45, 7) is 3.46. The van der Waals surface area contributed by atoms with Crippen LogP contribution < -0.4 is 5.32 Å². The average molecular weight is 263 g/mol. The minimum Gasteiger partial charge on any atom is -0.314 e. The van der Waals surface area contributed by atoms with Crippen LogP contribution in [0.2, 0.25) is 0 Å². The molecule has 1 aliphatic rings. The molecule has 2 heteroatoms. The molecule has 1 unspecified atom stereocenters. The highest BCUT2D eigenvalue weighted by molar-refractivity contribution is 7.99. The molecule has 0 aliphatic carbocycles. The highest BCUT2D eigenvalue weighted by atomic mass is 32.2. The lowest BCUT2D eigenvalue weighted by atomic mass is 9.98. The van der Waals surface area contributed by atoms with E-state index in [1.165, 1.54) is 55.7 Å². The van der Waals surface area contributed by atoms with Gasteiger partial charge in [0.1, 0.15) is 0 Å². The van der Waals surface area contributed by atoms with Crippen LogP contribution in [0.1, 0.15) is 44.6 Å². The van der Waals surface area contributed by atoms with E-state index in [-0.39, 0.29) is 0 Å². The zero-order chi connectivity index (χ0) is 12.6. The summed E-state index contributed by atoms with van der Waals surface area (Å²) in [5.74, 6) is 1.17. The first-order valence-electron chi connectivity index (χ1n) is 7.34. The van der Waals surface area contributed by atoms with Crippen LogP contribution in [-0.2, 0) is 6.42 Å². The molecule has 0 saturated carbocycles. The van der Waals surface area contributed by atoms with E-state index in [0.717, 1.165) is 6.04 Å². The number of benzene rings is 1. The molecule has 1 fully saturated rings. The SMILES string of the molecule is CCSc1ccccc1CCCC1CCCCN1. The van der Waals surface area contributed by atoms with Crippen LogP contribution in [0.15, 0.2) is 29.2 Å². The van der Waals surface area contributed by atoms with Gasteiger partial charge in [0.2, 0.25) is 0 Å². The Bertz CT molecular complexity index is 345. The second-order valence-electron chi connectivity index (χ2n) is 5.08. The topological polar surface area (TPSA) is 12.0 Å². The van der Waals surface area contributed by atoms with Gasteiger partial charge in [0.05, 0.1) is 0 Å². The maximum absolute atomic E-state index is 3.64. The highest BCUT2D eigenvalue weighted by Crippen LogP contribution is 2.24. The molecule has 1 atom stereocenters. The molecular weight excluding hydrogens is 238 g/mol. The average Bonchev–Trinajstić information content (AvgIpc) is 2.42. The summed E-state index contributed by atoms with van der Waals surface area (Å²) in [6.07, 6.45) is 8.06. The fraction of sp³-hybridized carbons (Fsp3) is 0.625. The maximum Gasteiger partial charge on any atom is 0.0104 e. The Morgan fingerprint density at radius 1 is 1.28 bits per heavy atom. The molecule has 1 N–H and O–H groups in total. The largest absolute Gasteiger partial charge is 0.314 e. The number of rotatable bonds is 6. The molecular formula is C16H25NS. The third-order valence-electron chi connectivity index (χ3n) is 3.68. The van der Waals surface area contributed by atoms with E-state index >= 15 is 0 Å². The summed E-state index contributed by atoms with van der Waals surface area (Å²) >= 11 is 1.97. The number of aryl methyl sites for hydroxylation is 1. The monoisotopic (exact) mass is 263 g/mol. The number of hydrogen-bond acceptors (Lipinski definition) is 2. The molecule has 1 aromatic rings. The predicted molar refractivity (Wildman–Crippen MR) is 81.4 cm³/mol. The van der Waals surface area contributed by atoms with Crippen molar-refractivity contribution in [2.24, 2.45) is 0 Å². The van der Waals surface area contributed by atoms with Gasteiger partial charge in [-0.25, -0.2) is 0 Å². The zero-order valence-corrected chi connectivity index (χ0v) is 12.3. The summed E-state index contributed by atoms with van der Waals surface area (Å²) in [4.78, 5) is 1.48. The lowest BCUT2D eigenvalue weighted by Gasteiger charge is -2.23. The van der Waals surface area contributed by atoms with Crippen LogP contribution in [0.25, 0.3) is 0 Å². The van der Waals surface area contributed by atoms with E-state index in [1.54, 1.807) is 5.56 Å². The third kappa shape index (κ3) is 4.33. The number of nitrogens with one attached hydrogen (secondary N) is 1. The zero-order valence-electron chi connectivity index (χ0n) is 11.5. The van der Waals surface area contributed by atoms with Crippen molar-refractivity contribution in [1.29, 1.82) is 0 Å². The normalized spacial score (nSPS) is 19.9.